The summed E-state index contributed by atoms with van der Waals surface area (Å²) in [7, 11) is 0. The minimum atomic E-state index is -0.521. The van der Waals surface area contributed by atoms with Crippen LogP contribution in [0.4, 0.5) is 0 Å². The van der Waals surface area contributed by atoms with Crippen molar-refractivity contribution in [3.63, 3.8) is 0 Å². The Balaban J connectivity index is 2.25. The number of hydrogen-bond acceptors (Lipinski definition) is 4. The third kappa shape index (κ3) is 2.57. The summed E-state index contributed by atoms with van der Waals surface area (Å²) in [6, 6.07) is 3.19. The number of carbonyl (C=O) groups is 1. The van der Waals surface area contributed by atoms with Gasteiger partial charge in [0.2, 0.25) is 5.91 Å². The van der Waals surface area contributed by atoms with Gasteiger partial charge in [-0.2, -0.15) is 0 Å². The van der Waals surface area contributed by atoms with Crippen molar-refractivity contribution in [3.8, 4) is 0 Å². The van der Waals surface area contributed by atoms with Crippen LogP contribution in [0, 0.1) is 0 Å². The fourth-order valence-corrected chi connectivity index (χ4v) is 2.39. The van der Waals surface area contributed by atoms with Gasteiger partial charge in [0, 0.05) is 12.1 Å². The van der Waals surface area contributed by atoms with Gasteiger partial charge >= 0.3 is 0 Å². The molecule has 1 unspecified atom stereocenters. The highest BCUT2D eigenvalue weighted by Crippen LogP contribution is 2.26. The van der Waals surface area contributed by atoms with Crippen molar-refractivity contribution in [1.82, 2.24) is 10.2 Å². The van der Waals surface area contributed by atoms with Gasteiger partial charge in [0.05, 0.1) is 19.4 Å². The summed E-state index contributed by atoms with van der Waals surface area (Å²) in [4.78, 5) is 13.9. The van der Waals surface area contributed by atoms with Crippen LogP contribution in [-0.4, -0.2) is 40.6 Å². The van der Waals surface area contributed by atoms with Gasteiger partial charge in [-0.15, -0.1) is 0 Å². The average Bonchev–Trinajstić information content (AvgIpc) is 2.77. The summed E-state index contributed by atoms with van der Waals surface area (Å²) in [5.74, 6) is 0.686. The smallest absolute Gasteiger partial charge is 0.239 e. The molecule has 0 bridgehead atoms. The summed E-state index contributed by atoms with van der Waals surface area (Å²) in [5, 5.41) is 12.3. The second-order valence-corrected chi connectivity index (χ2v) is 5.26. The molecule has 2 heterocycles. The van der Waals surface area contributed by atoms with E-state index in [1.807, 2.05) is 17.0 Å². The largest absolute Gasteiger partial charge is 0.468 e. The number of nitrogens with one attached hydrogen (secondary N) is 1. The van der Waals surface area contributed by atoms with E-state index in [1.165, 1.54) is 0 Å². The maximum atomic E-state index is 11.9. The van der Waals surface area contributed by atoms with E-state index in [9.17, 15) is 9.90 Å². The van der Waals surface area contributed by atoms with Crippen LogP contribution in [0.5, 0.6) is 0 Å². The Morgan fingerprint density at radius 1 is 1.61 bits per heavy atom. The Kier molecular flexibility index (Phi) is 3.73. The van der Waals surface area contributed by atoms with E-state index in [4.69, 9.17) is 4.42 Å². The lowest BCUT2D eigenvalue weighted by Crippen LogP contribution is -2.53. The molecule has 1 aromatic rings. The van der Waals surface area contributed by atoms with Crippen LogP contribution in [0.25, 0.3) is 0 Å². The molecule has 1 fully saturated rings. The van der Waals surface area contributed by atoms with Gasteiger partial charge in [0.1, 0.15) is 11.8 Å². The van der Waals surface area contributed by atoms with Gasteiger partial charge in [-0.3, -0.25) is 9.69 Å². The summed E-state index contributed by atoms with van der Waals surface area (Å²) in [5.41, 5.74) is -0.167. The Bertz CT molecular complexity index is 400. The first-order valence-electron chi connectivity index (χ1n) is 6.22. The number of aliphatic hydroxyl groups is 1. The molecule has 18 heavy (non-hydrogen) atoms. The van der Waals surface area contributed by atoms with Crippen molar-refractivity contribution < 1.29 is 14.3 Å². The van der Waals surface area contributed by atoms with Crippen LogP contribution >= 0.6 is 0 Å². The maximum Gasteiger partial charge on any atom is 0.239 e. The van der Waals surface area contributed by atoms with Gasteiger partial charge in [-0.05, 0) is 32.4 Å². The van der Waals surface area contributed by atoms with Crippen molar-refractivity contribution in [1.29, 1.82) is 0 Å². The zero-order valence-corrected chi connectivity index (χ0v) is 10.8. The molecular weight excluding hydrogens is 232 g/mol. The molecule has 5 heteroatoms. The molecule has 1 atom stereocenters. The number of aliphatic hydroxyl groups excluding tert-OH is 1. The molecule has 1 saturated heterocycles. The molecule has 5 nitrogen and oxygen atoms in total. The van der Waals surface area contributed by atoms with E-state index in [-0.39, 0.29) is 18.1 Å². The Labute approximate surface area is 107 Å². The van der Waals surface area contributed by atoms with Crippen molar-refractivity contribution in [2.45, 2.75) is 38.4 Å². The molecule has 1 aliphatic heterocycles. The zero-order chi connectivity index (χ0) is 13.2. The predicted octanol–water partition coefficient (Wildman–Crippen LogP) is 0.741. The van der Waals surface area contributed by atoms with E-state index >= 15 is 0 Å². The summed E-state index contributed by atoms with van der Waals surface area (Å²) in [6.07, 6.45) is 2.46. The molecule has 2 N–H and O–H groups in total. The fraction of sp³-hybridized carbons (Fsp3) is 0.615. The number of amides is 1. The first-order chi connectivity index (χ1) is 8.54. The normalized spacial score (nSPS) is 24.6. The van der Waals surface area contributed by atoms with E-state index in [1.54, 1.807) is 6.26 Å². The minimum absolute atomic E-state index is 0.116. The Morgan fingerprint density at radius 3 is 3.00 bits per heavy atom. The maximum absolute atomic E-state index is 11.9. The van der Waals surface area contributed by atoms with Gasteiger partial charge in [-0.25, -0.2) is 0 Å². The second kappa shape index (κ2) is 5.12. The lowest BCUT2D eigenvalue weighted by atomic mass is 9.96. The molecule has 1 amide bonds. The average molecular weight is 252 g/mol. The van der Waals surface area contributed by atoms with Gasteiger partial charge in [0.15, 0.2) is 0 Å². The number of hydrogen-bond donors (Lipinski definition) is 2. The fourth-order valence-electron chi connectivity index (χ4n) is 2.39. The van der Waals surface area contributed by atoms with Gasteiger partial charge < -0.3 is 14.8 Å². The van der Waals surface area contributed by atoms with E-state index in [0.717, 1.165) is 12.2 Å². The highest BCUT2D eigenvalue weighted by molar-refractivity contribution is 5.82. The summed E-state index contributed by atoms with van der Waals surface area (Å²) >= 11 is 0. The zero-order valence-electron chi connectivity index (χ0n) is 10.8. The Morgan fingerprint density at radius 2 is 2.39 bits per heavy atom. The van der Waals surface area contributed by atoms with E-state index in [0.29, 0.717) is 13.1 Å². The quantitative estimate of drug-likeness (QED) is 0.833. The first-order valence-corrected chi connectivity index (χ1v) is 6.22. The number of nitrogens with zero attached hydrogens (tertiary/aromatic N) is 1. The van der Waals surface area contributed by atoms with Gasteiger partial charge in [0.25, 0.3) is 0 Å². The minimum Gasteiger partial charge on any atom is -0.468 e. The van der Waals surface area contributed by atoms with Crippen LogP contribution < -0.4 is 5.32 Å². The first kappa shape index (κ1) is 13.1. The highest BCUT2D eigenvalue weighted by Gasteiger charge is 2.38. The second-order valence-electron chi connectivity index (χ2n) is 5.26. The summed E-state index contributed by atoms with van der Waals surface area (Å²) in [6.45, 7) is 5.14. The number of rotatable bonds is 3. The number of carbonyl (C=O) groups excluding carboxylic acids is 1. The van der Waals surface area contributed by atoms with Crippen LogP contribution in [-0.2, 0) is 11.3 Å². The number of furan rings is 1. The highest BCUT2D eigenvalue weighted by atomic mass is 16.3. The summed E-state index contributed by atoms with van der Waals surface area (Å²) < 4.78 is 5.34. The van der Waals surface area contributed by atoms with Crippen LogP contribution in [0.2, 0.25) is 0 Å². The standard InChI is InChI=1S/C13H20N2O3/c1-13(2)5-6-14-12(17)11(9-16)15(13)8-10-4-3-7-18-10/h3-4,7,11,16H,5-6,8-9H2,1-2H3,(H,14,17). The third-order valence-corrected chi connectivity index (χ3v) is 3.57. The van der Waals surface area contributed by atoms with Crippen LogP contribution in [0.15, 0.2) is 22.8 Å². The molecule has 0 aliphatic carbocycles. The molecule has 2 rings (SSSR count). The molecule has 0 aromatic carbocycles. The molecule has 100 valence electrons. The lowest BCUT2D eigenvalue weighted by Gasteiger charge is -2.39. The molecule has 0 radical (unpaired) electrons. The topological polar surface area (TPSA) is 65.7 Å². The molecule has 1 aliphatic rings. The SMILES string of the molecule is CC1(C)CCNC(=O)C(CO)N1Cc1ccco1. The molecule has 0 saturated carbocycles. The van der Waals surface area contributed by atoms with E-state index in [2.05, 4.69) is 19.2 Å². The monoisotopic (exact) mass is 252 g/mol. The van der Waals surface area contributed by atoms with Crippen molar-refractivity contribution >= 4 is 5.91 Å². The van der Waals surface area contributed by atoms with Crippen molar-refractivity contribution in [2.75, 3.05) is 13.2 Å². The Hall–Kier alpha value is -1.33. The third-order valence-electron chi connectivity index (χ3n) is 3.57. The molecule has 1 aromatic heterocycles. The van der Waals surface area contributed by atoms with Gasteiger partial charge in [-0.1, -0.05) is 0 Å². The molecule has 0 spiro atoms. The van der Waals surface area contributed by atoms with Crippen molar-refractivity contribution in [3.05, 3.63) is 24.2 Å². The van der Waals surface area contributed by atoms with Crippen LogP contribution in [0.3, 0.4) is 0 Å². The van der Waals surface area contributed by atoms with E-state index < -0.39 is 6.04 Å². The predicted molar refractivity (Wildman–Crippen MR) is 66.8 cm³/mol. The van der Waals surface area contributed by atoms with Crippen LogP contribution in [0.1, 0.15) is 26.0 Å². The molecular formula is C13H20N2O3. The lowest BCUT2D eigenvalue weighted by molar-refractivity contribution is -0.129. The van der Waals surface area contributed by atoms with Crippen molar-refractivity contribution in [2.24, 2.45) is 0 Å².